The first-order valence-corrected chi connectivity index (χ1v) is 11.9. The van der Waals surface area contributed by atoms with Gasteiger partial charge in [-0.3, -0.25) is 14.4 Å². The minimum atomic E-state index is -0.877. The molecule has 3 aliphatic rings. The van der Waals surface area contributed by atoms with Crippen LogP contribution in [0.25, 0.3) is 0 Å². The van der Waals surface area contributed by atoms with Crippen molar-refractivity contribution in [3.8, 4) is 5.75 Å². The number of hydrogen-bond acceptors (Lipinski definition) is 6. The fourth-order valence-corrected chi connectivity index (χ4v) is 4.76. The van der Waals surface area contributed by atoms with Crippen LogP contribution in [-0.2, 0) is 20.8 Å². The van der Waals surface area contributed by atoms with Crippen molar-refractivity contribution in [2.75, 3.05) is 29.5 Å². The van der Waals surface area contributed by atoms with E-state index in [1.807, 2.05) is 0 Å². The van der Waals surface area contributed by atoms with Crippen LogP contribution in [0.15, 0.2) is 52.7 Å². The van der Waals surface area contributed by atoms with Gasteiger partial charge in [-0.2, -0.15) is 0 Å². The monoisotopic (exact) mass is 491 g/mol. The number of carbonyl (C=O) groups is 3. The van der Waals surface area contributed by atoms with Crippen LogP contribution in [-0.4, -0.2) is 43.1 Å². The van der Waals surface area contributed by atoms with E-state index in [0.29, 0.717) is 37.4 Å². The van der Waals surface area contributed by atoms with Crippen molar-refractivity contribution < 1.29 is 23.5 Å². The van der Waals surface area contributed by atoms with E-state index in [-0.39, 0.29) is 41.5 Å². The van der Waals surface area contributed by atoms with Gasteiger partial charge in [0.15, 0.2) is 5.82 Å². The SMILES string of the molecule is NC(=O)C(N)=C1CCN(c2ccc(N3CCCCC3=O)cc2)C(=O)C1=Nc1cc2c(cc1F)OCC2. The lowest BCUT2D eigenvalue weighted by molar-refractivity contribution is -0.119. The van der Waals surface area contributed by atoms with Gasteiger partial charge in [0.2, 0.25) is 5.91 Å². The molecule has 2 fully saturated rings. The van der Waals surface area contributed by atoms with Gasteiger partial charge in [-0.15, -0.1) is 0 Å². The third-order valence-corrected chi connectivity index (χ3v) is 6.70. The lowest BCUT2D eigenvalue weighted by Gasteiger charge is -2.31. The number of rotatable bonds is 4. The van der Waals surface area contributed by atoms with E-state index in [2.05, 4.69) is 4.99 Å². The average molecular weight is 492 g/mol. The minimum Gasteiger partial charge on any atom is -0.493 e. The van der Waals surface area contributed by atoms with Crippen LogP contribution < -0.4 is 26.0 Å². The van der Waals surface area contributed by atoms with Crippen molar-refractivity contribution >= 4 is 40.5 Å². The molecule has 0 spiro atoms. The van der Waals surface area contributed by atoms with Crippen LogP contribution in [0.4, 0.5) is 21.5 Å². The quantitative estimate of drug-likeness (QED) is 0.635. The number of amides is 3. The summed E-state index contributed by atoms with van der Waals surface area (Å²) in [5.74, 6) is -1.53. The fraction of sp³-hybridized carbons (Fsp3) is 0.308. The molecule has 3 aliphatic heterocycles. The molecule has 0 radical (unpaired) electrons. The second-order valence-electron chi connectivity index (χ2n) is 8.95. The molecule has 9 nitrogen and oxygen atoms in total. The number of fused-ring (bicyclic) bond motifs is 1. The molecule has 0 aliphatic carbocycles. The number of hydrogen-bond donors (Lipinski definition) is 2. The van der Waals surface area contributed by atoms with Crippen LogP contribution in [0, 0.1) is 5.82 Å². The number of anilines is 2. The number of carbonyl (C=O) groups excluding carboxylic acids is 3. The fourth-order valence-electron chi connectivity index (χ4n) is 4.76. The maximum Gasteiger partial charge on any atom is 0.277 e. The third-order valence-electron chi connectivity index (χ3n) is 6.70. The standard InChI is InChI=1S/C26H26FN5O4/c27-19-14-21-15(9-12-36-21)13-20(19)30-24-18(23(28)25(29)34)8-11-32(26(24)35)17-6-4-16(5-7-17)31-10-2-1-3-22(31)33/h4-7,13-14H,1-3,8-12,28H2,(H2,29,34). The highest BCUT2D eigenvalue weighted by molar-refractivity contribution is 6.51. The number of piperidine rings is 2. The van der Waals surface area contributed by atoms with E-state index in [4.69, 9.17) is 16.2 Å². The van der Waals surface area contributed by atoms with Gasteiger partial charge >= 0.3 is 0 Å². The topological polar surface area (TPSA) is 131 Å². The molecule has 2 saturated heterocycles. The molecule has 0 bridgehead atoms. The molecule has 10 heteroatoms. The van der Waals surface area contributed by atoms with Crippen LogP contribution in [0.2, 0.25) is 0 Å². The Labute approximate surface area is 207 Å². The molecule has 36 heavy (non-hydrogen) atoms. The van der Waals surface area contributed by atoms with Crippen molar-refractivity contribution in [2.24, 2.45) is 16.5 Å². The van der Waals surface area contributed by atoms with Crippen molar-refractivity contribution in [3.63, 3.8) is 0 Å². The zero-order valence-electron chi connectivity index (χ0n) is 19.6. The van der Waals surface area contributed by atoms with Crippen molar-refractivity contribution in [1.82, 2.24) is 0 Å². The summed E-state index contributed by atoms with van der Waals surface area (Å²) >= 11 is 0. The molecule has 0 atom stereocenters. The molecule has 0 aromatic heterocycles. The summed E-state index contributed by atoms with van der Waals surface area (Å²) in [6.45, 7) is 1.33. The van der Waals surface area contributed by atoms with Crippen molar-refractivity contribution in [2.45, 2.75) is 32.1 Å². The Kier molecular flexibility index (Phi) is 6.17. The van der Waals surface area contributed by atoms with Gasteiger partial charge in [-0.1, -0.05) is 0 Å². The van der Waals surface area contributed by atoms with E-state index in [9.17, 15) is 18.8 Å². The van der Waals surface area contributed by atoms with Gasteiger partial charge < -0.3 is 26.0 Å². The molecular weight excluding hydrogens is 465 g/mol. The first-order valence-electron chi connectivity index (χ1n) is 11.9. The number of aliphatic imine (C=N–C) groups is 1. The molecule has 2 aromatic rings. The lowest BCUT2D eigenvalue weighted by atomic mass is 9.97. The highest BCUT2D eigenvalue weighted by atomic mass is 19.1. The van der Waals surface area contributed by atoms with E-state index < -0.39 is 17.6 Å². The van der Waals surface area contributed by atoms with E-state index in [0.717, 1.165) is 24.1 Å². The predicted octanol–water partition coefficient (Wildman–Crippen LogP) is 2.49. The summed E-state index contributed by atoms with van der Waals surface area (Å²) in [5, 5.41) is 0. The Bertz CT molecular complexity index is 1320. The van der Waals surface area contributed by atoms with Crippen LogP contribution >= 0.6 is 0 Å². The van der Waals surface area contributed by atoms with E-state index in [1.165, 1.54) is 11.0 Å². The minimum absolute atomic E-state index is 0.0434. The molecule has 2 aromatic carbocycles. The Hall–Kier alpha value is -4.21. The summed E-state index contributed by atoms with van der Waals surface area (Å²) in [6, 6.07) is 9.89. The summed E-state index contributed by atoms with van der Waals surface area (Å²) in [4.78, 5) is 45.2. The molecule has 186 valence electrons. The smallest absolute Gasteiger partial charge is 0.277 e. The van der Waals surface area contributed by atoms with Crippen LogP contribution in [0.3, 0.4) is 0 Å². The van der Waals surface area contributed by atoms with Gasteiger partial charge in [0.1, 0.15) is 22.8 Å². The first-order chi connectivity index (χ1) is 17.3. The Morgan fingerprint density at radius 3 is 2.36 bits per heavy atom. The highest BCUT2D eigenvalue weighted by Crippen LogP contribution is 2.34. The lowest BCUT2D eigenvalue weighted by Crippen LogP contribution is -2.44. The predicted molar refractivity (Wildman–Crippen MR) is 133 cm³/mol. The summed E-state index contributed by atoms with van der Waals surface area (Å²) < 4.78 is 20.2. The second kappa shape index (κ2) is 9.44. The zero-order valence-corrected chi connectivity index (χ0v) is 19.6. The molecule has 0 saturated carbocycles. The first kappa shape index (κ1) is 23.5. The number of primary amides is 1. The second-order valence-corrected chi connectivity index (χ2v) is 8.95. The van der Waals surface area contributed by atoms with Gasteiger partial charge in [0, 0.05) is 48.9 Å². The van der Waals surface area contributed by atoms with Crippen LogP contribution in [0.5, 0.6) is 5.75 Å². The average Bonchev–Trinajstić information content (AvgIpc) is 3.32. The van der Waals surface area contributed by atoms with Gasteiger partial charge in [-0.25, -0.2) is 9.38 Å². The Morgan fingerprint density at radius 1 is 0.944 bits per heavy atom. The number of ether oxygens (including phenoxy) is 1. The summed E-state index contributed by atoms with van der Waals surface area (Å²) in [7, 11) is 0. The maximum absolute atomic E-state index is 14.8. The molecule has 4 N–H and O–H groups in total. The zero-order chi connectivity index (χ0) is 25.4. The molecule has 3 heterocycles. The third kappa shape index (κ3) is 4.30. The highest BCUT2D eigenvalue weighted by Gasteiger charge is 2.33. The van der Waals surface area contributed by atoms with E-state index >= 15 is 0 Å². The Morgan fingerprint density at radius 2 is 1.67 bits per heavy atom. The van der Waals surface area contributed by atoms with Crippen molar-refractivity contribution in [1.29, 1.82) is 0 Å². The summed E-state index contributed by atoms with van der Waals surface area (Å²) in [6.07, 6.45) is 3.17. The molecule has 3 amide bonds. The van der Waals surface area contributed by atoms with Crippen LogP contribution in [0.1, 0.15) is 31.2 Å². The normalized spacial score (nSPS) is 20.4. The van der Waals surface area contributed by atoms with Gasteiger partial charge in [0.05, 0.1) is 6.61 Å². The van der Waals surface area contributed by atoms with E-state index in [1.54, 1.807) is 35.2 Å². The molecule has 5 rings (SSSR count). The number of halogens is 1. The largest absolute Gasteiger partial charge is 0.493 e. The molecule has 0 unspecified atom stereocenters. The van der Waals surface area contributed by atoms with Crippen molar-refractivity contribution in [3.05, 3.63) is 59.0 Å². The van der Waals surface area contributed by atoms with Gasteiger partial charge in [0.25, 0.3) is 11.8 Å². The summed E-state index contributed by atoms with van der Waals surface area (Å²) in [5.41, 5.74) is 13.2. The Balaban J connectivity index is 1.50. The number of nitrogens with zero attached hydrogens (tertiary/aromatic N) is 3. The molecular formula is C26H26FN5O4. The number of benzene rings is 2. The number of nitrogens with two attached hydrogens (primary N) is 2. The van der Waals surface area contributed by atoms with Gasteiger partial charge in [-0.05, 0) is 55.2 Å². The maximum atomic E-state index is 14.8.